The van der Waals surface area contributed by atoms with Crippen LogP contribution in [-0.4, -0.2) is 30.1 Å². The van der Waals surface area contributed by atoms with Crippen LogP contribution in [0.3, 0.4) is 0 Å². The SMILES string of the molecule is CCCC(c1nnnn1C(C)(C)CC)N(Cc1cccs1)Cc1cc2cc(C)ccc2[nH]c1=O. The molecule has 0 spiro atoms. The van der Waals surface area contributed by atoms with Gasteiger partial charge in [0.05, 0.1) is 11.6 Å². The Morgan fingerprint density at radius 3 is 2.71 bits per heavy atom. The first kappa shape index (κ1) is 24.3. The molecule has 0 saturated heterocycles. The number of thiophene rings is 1. The second kappa shape index (κ2) is 10.2. The highest BCUT2D eigenvalue weighted by atomic mass is 32.1. The summed E-state index contributed by atoms with van der Waals surface area (Å²) >= 11 is 1.73. The molecule has 4 rings (SSSR count). The van der Waals surface area contributed by atoms with Crippen molar-refractivity contribution in [3.05, 3.63) is 74.0 Å². The molecule has 1 aromatic carbocycles. The average molecular weight is 479 g/mol. The summed E-state index contributed by atoms with van der Waals surface area (Å²) in [4.78, 5) is 19.8. The van der Waals surface area contributed by atoms with Gasteiger partial charge in [-0.1, -0.05) is 38.0 Å². The summed E-state index contributed by atoms with van der Waals surface area (Å²) in [6.07, 6.45) is 2.80. The van der Waals surface area contributed by atoms with E-state index in [1.807, 2.05) is 22.9 Å². The van der Waals surface area contributed by atoms with Crippen LogP contribution in [0.1, 0.15) is 74.8 Å². The summed E-state index contributed by atoms with van der Waals surface area (Å²) in [7, 11) is 0. The van der Waals surface area contributed by atoms with E-state index < -0.39 is 0 Å². The van der Waals surface area contributed by atoms with Gasteiger partial charge in [0.15, 0.2) is 5.82 Å². The Morgan fingerprint density at radius 1 is 1.18 bits per heavy atom. The highest BCUT2D eigenvalue weighted by Crippen LogP contribution is 2.31. The van der Waals surface area contributed by atoms with Crippen molar-refractivity contribution in [1.29, 1.82) is 0 Å². The molecule has 0 saturated carbocycles. The summed E-state index contributed by atoms with van der Waals surface area (Å²) in [5.41, 5.74) is 2.55. The fourth-order valence-electron chi connectivity index (χ4n) is 4.32. The minimum absolute atomic E-state index is 0.0134. The number of rotatable bonds is 10. The van der Waals surface area contributed by atoms with Crippen LogP contribution >= 0.6 is 11.3 Å². The minimum atomic E-state index is -0.197. The highest BCUT2D eigenvalue weighted by molar-refractivity contribution is 7.09. The molecule has 4 aromatic rings. The smallest absolute Gasteiger partial charge is 0.252 e. The van der Waals surface area contributed by atoms with Gasteiger partial charge in [-0.25, -0.2) is 4.68 Å². The van der Waals surface area contributed by atoms with Crippen LogP contribution < -0.4 is 5.56 Å². The maximum absolute atomic E-state index is 13.1. The lowest BCUT2D eigenvalue weighted by Gasteiger charge is -2.33. The second-order valence-corrected chi connectivity index (χ2v) is 10.7. The number of aryl methyl sites for hydroxylation is 1. The van der Waals surface area contributed by atoms with Crippen molar-refractivity contribution in [1.82, 2.24) is 30.1 Å². The Hall–Kier alpha value is -2.84. The van der Waals surface area contributed by atoms with Crippen molar-refractivity contribution in [2.24, 2.45) is 0 Å². The summed E-state index contributed by atoms with van der Waals surface area (Å²) in [5.74, 6) is 0.860. The van der Waals surface area contributed by atoms with Crippen molar-refractivity contribution in [3.63, 3.8) is 0 Å². The molecule has 0 aliphatic carbocycles. The summed E-state index contributed by atoms with van der Waals surface area (Å²) in [5, 5.41) is 16.1. The third-order valence-corrected chi connectivity index (χ3v) is 7.48. The van der Waals surface area contributed by atoms with Gasteiger partial charge in [-0.05, 0) is 79.1 Å². The van der Waals surface area contributed by atoms with Crippen LogP contribution in [0.2, 0.25) is 0 Å². The molecule has 0 aliphatic heterocycles. The number of tetrazole rings is 1. The molecule has 0 amide bonds. The van der Waals surface area contributed by atoms with Crippen molar-refractivity contribution < 1.29 is 0 Å². The first-order valence-corrected chi connectivity index (χ1v) is 12.9. The van der Waals surface area contributed by atoms with Gasteiger partial charge in [0, 0.05) is 29.0 Å². The Kier molecular flexibility index (Phi) is 7.28. The number of pyridine rings is 1. The van der Waals surface area contributed by atoms with Crippen LogP contribution in [0.15, 0.2) is 46.6 Å². The van der Waals surface area contributed by atoms with E-state index in [2.05, 4.69) is 83.6 Å². The fraction of sp³-hybridized carbons (Fsp3) is 0.462. The van der Waals surface area contributed by atoms with Crippen LogP contribution in [0.4, 0.5) is 0 Å². The second-order valence-electron chi connectivity index (χ2n) is 9.62. The zero-order valence-corrected chi connectivity index (χ0v) is 21.5. The molecule has 1 unspecified atom stereocenters. The van der Waals surface area contributed by atoms with Crippen molar-refractivity contribution >= 4 is 22.2 Å². The molecule has 7 nitrogen and oxygen atoms in total. The monoisotopic (exact) mass is 478 g/mol. The highest BCUT2D eigenvalue weighted by Gasteiger charge is 2.31. The maximum atomic E-state index is 13.1. The Morgan fingerprint density at radius 2 is 2.00 bits per heavy atom. The number of aromatic amines is 1. The first-order chi connectivity index (χ1) is 16.3. The largest absolute Gasteiger partial charge is 0.322 e. The molecule has 3 heterocycles. The van der Waals surface area contributed by atoms with Gasteiger partial charge in [0.1, 0.15) is 0 Å². The molecule has 0 bridgehead atoms. The summed E-state index contributed by atoms with van der Waals surface area (Å²) < 4.78 is 1.97. The van der Waals surface area contributed by atoms with E-state index >= 15 is 0 Å². The molecule has 0 fully saturated rings. The predicted octanol–water partition coefficient (Wildman–Crippen LogP) is 5.57. The number of nitrogens with one attached hydrogen (secondary N) is 1. The Bertz CT molecular complexity index is 1290. The molecular formula is C26H34N6OS. The number of benzene rings is 1. The van der Waals surface area contributed by atoms with Gasteiger partial charge in [0.25, 0.3) is 5.56 Å². The molecule has 0 radical (unpaired) electrons. The van der Waals surface area contributed by atoms with Crippen molar-refractivity contribution in [3.8, 4) is 0 Å². The van der Waals surface area contributed by atoms with Gasteiger partial charge in [-0.3, -0.25) is 9.69 Å². The van der Waals surface area contributed by atoms with E-state index in [4.69, 9.17) is 0 Å². The van der Waals surface area contributed by atoms with Gasteiger partial charge in [-0.2, -0.15) is 0 Å². The van der Waals surface area contributed by atoms with E-state index in [0.717, 1.165) is 48.1 Å². The fourth-order valence-corrected chi connectivity index (χ4v) is 5.05. The first-order valence-electron chi connectivity index (χ1n) is 12.0. The quantitative estimate of drug-likeness (QED) is 0.322. The van der Waals surface area contributed by atoms with E-state index in [-0.39, 0.29) is 17.1 Å². The molecule has 0 aliphatic rings. The van der Waals surface area contributed by atoms with Gasteiger partial charge in [-0.15, -0.1) is 16.4 Å². The third-order valence-electron chi connectivity index (χ3n) is 6.62. The van der Waals surface area contributed by atoms with E-state index in [1.165, 1.54) is 10.4 Å². The molecule has 1 atom stereocenters. The lowest BCUT2D eigenvalue weighted by Crippen LogP contribution is -2.36. The average Bonchev–Trinajstić information content (AvgIpc) is 3.50. The van der Waals surface area contributed by atoms with Crippen LogP contribution in [0, 0.1) is 6.92 Å². The zero-order chi connectivity index (χ0) is 24.3. The number of hydrogen-bond acceptors (Lipinski definition) is 6. The van der Waals surface area contributed by atoms with Crippen molar-refractivity contribution in [2.75, 3.05) is 0 Å². The van der Waals surface area contributed by atoms with Gasteiger partial charge in [0.2, 0.25) is 0 Å². The standard InChI is InChI=1S/C26H34N6OS/c1-6-9-23(24-28-29-30-32(24)26(4,5)7-2)31(17-21-10-8-13-34-21)16-20-15-19-14-18(3)11-12-22(19)27-25(20)33/h8,10-15,23H,6-7,9,16-17H2,1-5H3,(H,27,33). The minimum Gasteiger partial charge on any atom is -0.322 e. The normalized spacial score (nSPS) is 13.1. The number of nitrogens with zero attached hydrogens (tertiary/aromatic N) is 5. The van der Waals surface area contributed by atoms with Crippen molar-refractivity contribution in [2.45, 2.75) is 78.6 Å². The molecule has 34 heavy (non-hydrogen) atoms. The van der Waals surface area contributed by atoms with E-state index in [0.29, 0.717) is 6.54 Å². The van der Waals surface area contributed by atoms with Gasteiger partial charge >= 0.3 is 0 Å². The summed E-state index contributed by atoms with van der Waals surface area (Å²) in [6, 6.07) is 12.3. The molecular weight excluding hydrogens is 444 g/mol. The van der Waals surface area contributed by atoms with Crippen LogP contribution in [0.5, 0.6) is 0 Å². The molecule has 8 heteroatoms. The molecule has 1 N–H and O–H groups in total. The lowest BCUT2D eigenvalue weighted by atomic mass is 10.0. The van der Waals surface area contributed by atoms with Gasteiger partial charge < -0.3 is 4.98 Å². The van der Waals surface area contributed by atoms with Crippen LogP contribution in [-0.2, 0) is 18.6 Å². The maximum Gasteiger partial charge on any atom is 0.252 e. The third kappa shape index (κ3) is 5.13. The number of hydrogen-bond donors (Lipinski definition) is 1. The topological polar surface area (TPSA) is 79.7 Å². The summed E-state index contributed by atoms with van der Waals surface area (Å²) in [6.45, 7) is 12.0. The zero-order valence-electron chi connectivity index (χ0n) is 20.7. The Labute approximate surface area is 204 Å². The molecule has 180 valence electrons. The van der Waals surface area contributed by atoms with E-state index in [1.54, 1.807) is 11.3 Å². The number of fused-ring (bicyclic) bond motifs is 1. The van der Waals surface area contributed by atoms with Crippen LogP contribution in [0.25, 0.3) is 10.9 Å². The number of H-pyrrole nitrogens is 1. The molecule has 3 aromatic heterocycles. The van der Waals surface area contributed by atoms with E-state index in [9.17, 15) is 4.79 Å². The predicted molar refractivity (Wildman–Crippen MR) is 138 cm³/mol. The number of aromatic nitrogens is 5. The lowest BCUT2D eigenvalue weighted by molar-refractivity contribution is 0.147. The Balaban J connectivity index is 1.78.